The molecular formula is C13H13N3O3. The fraction of sp³-hybridized carbons (Fsp3) is 0.154. The van der Waals surface area contributed by atoms with Gasteiger partial charge in [0.25, 0.3) is 5.91 Å². The van der Waals surface area contributed by atoms with E-state index in [0.717, 1.165) is 5.56 Å². The van der Waals surface area contributed by atoms with E-state index in [0.29, 0.717) is 5.69 Å². The van der Waals surface area contributed by atoms with Gasteiger partial charge >= 0.3 is 5.97 Å². The molecule has 0 radical (unpaired) electrons. The number of primary amides is 1. The molecule has 2 rings (SSSR count). The molecule has 0 aliphatic carbocycles. The summed E-state index contributed by atoms with van der Waals surface area (Å²) in [4.78, 5) is 22.8. The Balaban J connectivity index is 2.25. The SMILES string of the molecule is CC(OC(=O)c1cn[nH]c1-c1ccccc1)C(N)=O. The van der Waals surface area contributed by atoms with Gasteiger partial charge in [0.15, 0.2) is 6.10 Å². The molecule has 0 saturated carbocycles. The summed E-state index contributed by atoms with van der Waals surface area (Å²) in [6, 6.07) is 9.23. The number of rotatable bonds is 4. The minimum atomic E-state index is -0.981. The van der Waals surface area contributed by atoms with Crippen molar-refractivity contribution >= 4 is 11.9 Å². The van der Waals surface area contributed by atoms with Crippen molar-refractivity contribution in [3.05, 3.63) is 42.1 Å². The minimum absolute atomic E-state index is 0.263. The number of carbonyl (C=O) groups excluding carboxylic acids is 2. The molecule has 6 nitrogen and oxygen atoms in total. The lowest BCUT2D eigenvalue weighted by Gasteiger charge is -2.09. The van der Waals surface area contributed by atoms with Gasteiger partial charge in [-0.25, -0.2) is 4.79 Å². The van der Waals surface area contributed by atoms with Crippen LogP contribution in [-0.4, -0.2) is 28.2 Å². The summed E-state index contributed by atoms with van der Waals surface area (Å²) in [5, 5.41) is 6.57. The van der Waals surface area contributed by atoms with Crippen LogP contribution in [0, 0.1) is 0 Å². The van der Waals surface area contributed by atoms with E-state index in [-0.39, 0.29) is 5.56 Å². The predicted molar refractivity (Wildman–Crippen MR) is 68.1 cm³/mol. The van der Waals surface area contributed by atoms with E-state index in [1.165, 1.54) is 13.1 Å². The molecule has 2 aromatic rings. The van der Waals surface area contributed by atoms with E-state index in [2.05, 4.69) is 10.2 Å². The summed E-state index contributed by atoms with van der Waals surface area (Å²) in [6.45, 7) is 1.42. The first-order valence-electron chi connectivity index (χ1n) is 5.68. The third-order valence-electron chi connectivity index (χ3n) is 2.61. The van der Waals surface area contributed by atoms with Crippen LogP contribution < -0.4 is 5.73 Å². The number of aromatic nitrogens is 2. The van der Waals surface area contributed by atoms with Gasteiger partial charge in [-0.3, -0.25) is 9.89 Å². The van der Waals surface area contributed by atoms with Crippen molar-refractivity contribution in [3.8, 4) is 11.3 Å². The molecule has 0 aliphatic heterocycles. The average Bonchev–Trinajstić information content (AvgIpc) is 2.88. The lowest BCUT2D eigenvalue weighted by molar-refractivity contribution is -0.125. The number of H-pyrrole nitrogens is 1. The summed E-state index contributed by atoms with van der Waals surface area (Å²) in [5.41, 5.74) is 6.66. The molecule has 0 bridgehead atoms. The maximum atomic E-state index is 11.9. The first-order valence-corrected chi connectivity index (χ1v) is 5.68. The molecule has 1 atom stereocenters. The van der Waals surface area contributed by atoms with Gasteiger partial charge in [-0.05, 0) is 6.92 Å². The number of ether oxygens (including phenoxy) is 1. The Bertz CT molecular complexity index is 592. The Labute approximate surface area is 109 Å². The molecular weight excluding hydrogens is 246 g/mol. The number of hydrogen-bond donors (Lipinski definition) is 2. The van der Waals surface area contributed by atoms with Gasteiger partial charge in [-0.15, -0.1) is 0 Å². The summed E-state index contributed by atoms with van der Waals surface area (Å²) < 4.78 is 4.94. The third-order valence-corrected chi connectivity index (χ3v) is 2.61. The maximum Gasteiger partial charge on any atom is 0.342 e. The van der Waals surface area contributed by atoms with Gasteiger partial charge in [0.05, 0.1) is 11.9 Å². The van der Waals surface area contributed by atoms with Crippen molar-refractivity contribution in [2.45, 2.75) is 13.0 Å². The monoisotopic (exact) mass is 259 g/mol. The van der Waals surface area contributed by atoms with Crippen molar-refractivity contribution < 1.29 is 14.3 Å². The number of carbonyl (C=O) groups is 2. The largest absolute Gasteiger partial charge is 0.449 e. The predicted octanol–water partition coefficient (Wildman–Crippen LogP) is 1.11. The number of benzene rings is 1. The number of esters is 1. The maximum absolute atomic E-state index is 11.9. The summed E-state index contributed by atoms with van der Waals surface area (Å²) in [6.07, 6.45) is 0.379. The van der Waals surface area contributed by atoms with E-state index in [1.807, 2.05) is 30.3 Å². The van der Waals surface area contributed by atoms with Crippen LogP contribution in [0.5, 0.6) is 0 Å². The number of nitrogens with one attached hydrogen (secondary N) is 1. The molecule has 0 spiro atoms. The van der Waals surface area contributed by atoms with Crippen molar-refractivity contribution in [1.82, 2.24) is 10.2 Å². The smallest absolute Gasteiger partial charge is 0.342 e. The zero-order valence-corrected chi connectivity index (χ0v) is 10.3. The van der Waals surface area contributed by atoms with Crippen LogP contribution in [0.4, 0.5) is 0 Å². The molecule has 19 heavy (non-hydrogen) atoms. The molecule has 1 aromatic heterocycles. The molecule has 6 heteroatoms. The molecule has 0 saturated heterocycles. The van der Waals surface area contributed by atoms with Crippen LogP contribution in [0.25, 0.3) is 11.3 Å². The molecule has 0 aliphatic rings. The highest BCUT2D eigenvalue weighted by atomic mass is 16.5. The lowest BCUT2D eigenvalue weighted by Crippen LogP contribution is -2.30. The summed E-state index contributed by atoms with van der Waals surface area (Å²) >= 11 is 0. The highest BCUT2D eigenvalue weighted by Crippen LogP contribution is 2.21. The van der Waals surface area contributed by atoms with Crippen molar-refractivity contribution in [2.75, 3.05) is 0 Å². The zero-order valence-electron chi connectivity index (χ0n) is 10.3. The van der Waals surface area contributed by atoms with E-state index in [9.17, 15) is 9.59 Å². The second-order valence-corrected chi connectivity index (χ2v) is 3.97. The topological polar surface area (TPSA) is 98.1 Å². The van der Waals surface area contributed by atoms with E-state index in [4.69, 9.17) is 10.5 Å². The van der Waals surface area contributed by atoms with Crippen LogP contribution in [-0.2, 0) is 9.53 Å². The second kappa shape index (κ2) is 5.34. The molecule has 1 aromatic carbocycles. The Morgan fingerprint density at radius 2 is 2.00 bits per heavy atom. The number of nitrogens with zero attached hydrogens (tertiary/aromatic N) is 1. The fourth-order valence-electron chi connectivity index (χ4n) is 1.55. The standard InChI is InChI=1S/C13H13N3O3/c1-8(12(14)17)19-13(18)10-7-15-16-11(10)9-5-3-2-4-6-9/h2-8H,1H3,(H2,14,17)(H,15,16). The van der Waals surface area contributed by atoms with Gasteiger partial charge in [0.1, 0.15) is 5.56 Å². The summed E-state index contributed by atoms with van der Waals surface area (Å²) in [7, 11) is 0. The minimum Gasteiger partial charge on any atom is -0.449 e. The van der Waals surface area contributed by atoms with Crippen LogP contribution in [0.3, 0.4) is 0 Å². The van der Waals surface area contributed by atoms with Crippen LogP contribution in [0.2, 0.25) is 0 Å². The first kappa shape index (κ1) is 12.8. The Morgan fingerprint density at radius 3 is 2.63 bits per heavy atom. The van der Waals surface area contributed by atoms with Gasteiger partial charge < -0.3 is 10.5 Å². The van der Waals surface area contributed by atoms with Crippen molar-refractivity contribution in [1.29, 1.82) is 0 Å². The van der Waals surface area contributed by atoms with Gasteiger partial charge in [0, 0.05) is 5.56 Å². The normalized spacial score (nSPS) is 11.8. The number of aromatic amines is 1. The van der Waals surface area contributed by atoms with Crippen LogP contribution >= 0.6 is 0 Å². The third kappa shape index (κ3) is 2.79. The van der Waals surface area contributed by atoms with Gasteiger partial charge in [-0.1, -0.05) is 30.3 Å². The number of nitrogens with two attached hydrogens (primary N) is 1. The van der Waals surface area contributed by atoms with Gasteiger partial charge in [-0.2, -0.15) is 5.10 Å². The van der Waals surface area contributed by atoms with Crippen molar-refractivity contribution in [3.63, 3.8) is 0 Å². The lowest BCUT2D eigenvalue weighted by atomic mass is 10.1. The molecule has 1 unspecified atom stereocenters. The highest BCUT2D eigenvalue weighted by molar-refractivity contribution is 5.97. The fourth-order valence-corrected chi connectivity index (χ4v) is 1.55. The van der Waals surface area contributed by atoms with E-state index < -0.39 is 18.0 Å². The van der Waals surface area contributed by atoms with Gasteiger partial charge in [0.2, 0.25) is 0 Å². The van der Waals surface area contributed by atoms with Crippen LogP contribution in [0.15, 0.2) is 36.5 Å². The molecule has 1 heterocycles. The molecule has 3 N–H and O–H groups in total. The first-order chi connectivity index (χ1) is 9.09. The van der Waals surface area contributed by atoms with Crippen LogP contribution in [0.1, 0.15) is 17.3 Å². The van der Waals surface area contributed by atoms with Crippen molar-refractivity contribution in [2.24, 2.45) is 5.73 Å². The number of amides is 1. The van der Waals surface area contributed by atoms with E-state index >= 15 is 0 Å². The molecule has 1 amide bonds. The second-order valence-electron chi connectivity index (χ2n) is 3.97. The van der Waals surface area contributed by atoms with E-state index in [1.54, 1.807) is 0 Å². The highest BCUT2D eigenvalue weighted by Gasteiger charge is 2.20. The Hall–Kier alpha value is -2.63. The molecule has 98 valence electrons. The number of hydrogen-bond acceptors (Lipinski definition) is 4. The quantitative estimate of drug-likeness (QED) is 0.803. The summed E-state index contributed by atoms with van der Waals surface area (Å²) in [5.74, 6) is -1.34. The average molecular weight is 259 g/mol. The molecule has 0 fully saturated rings. The zero-order chi connectivity index (χ0) is 13.8. The Kier molecular flexibility index (Phi) is 3.61. The Morgan fingerprint density at radius 1 is 1.32 bits per heavy atom.